The van der Waals surface area contributed by atoms with E-state index in [0.29, 0.717) is 42.7 Å². The molecule has 0 amide bonds. The lowest BCUT2D eigenvalue weighted by molar-refractivity contribution is -0.116. The first kappa shape index (κ1) is 29.7. The van der Waals surface area contributed by atoms with Crippen molar-refractivity contribution in [3.8, 4) is 11.8 Å². The average Bonchev–Trinajstić information content (AvgIpc) is 3.42. The van der Waals surface area contributed by atoms with Crippen LogP contribution in [0.15, 0.2) is 48.8 Å². The number of piperidine rings is 1. The topological polar surface area (TPSA) is 79.8 Å². The number of nitrogens with one attached hydrogen (secondary N) is 1. The van der Waals surface area contributed by atoms with Gasteiger partial charge in [-0.05, 0) is 75.0 Å². The molecule has 3 aliphatic rings. The van der Waals surface area contributed by atoms with E-state index < -0.39 is 5.82 Å². The Morgan fingerprint density at radius 2 is 1.91 bits per heavy atom. The van der Waals surface area contributed by atoms with Crippen LogP contribution in [0.5, 0.6) is 0 Å². The standard InChI is InChI=1S/C33H35ClFN5O3/c1-39-11-8-22(9-12-39)4-5-23-17-30-27(33(37-21-36-30)38-25-6-7-29(35)28(34)18-25)16-24(23)15-26(41)3-2-10-40-19-31-32(20-40)43-14-13-42-31/h2-3,6-7,16-18,21-22,31-32H,8-15,19-20H2,1H3,(H,36,37,38)/b3-2+. The van der Waals surface area contributed by atoms with Crippen molar-refractivity contribution in [3.05, 3.63) is 70.8 Å². The number of carbonyl (C=O) groups is 1. The number of nitrogens with zero attached hydrogens (tertiary/aromatic N) is 4. The van der Waals surface area contributed by atoms with Crippen molar-refractivity contribution in [3.63, 3.8) is 0 Å². The third kappa shape index (κ3) is 7.40. The number of likely N-dealkylation sites (tertiary alicyclic amines) is 2. The molecule has 43 heavy (non-hydrogen) atoms. The molecule has 1 N–H and O–H groups in total. The van der Waals surface area contributed by atoms with Crippen LogP contribution in [0, 0.1) is 23.6 Å². The third-order valence-electron chi connectivity index (χ3n) is 8.24. The summed E-state index contributed by atoms with van der Waals surface area (Å²) in [5.74, 6) is 7.19. The molecule has 3 aliphatic heterocycles. The number of anilines is 2. The zero-order valence-electron chi connectivity index (χ0n) is 24.2. The second-order valence-electron chi connectivity index (χ2n) is 11.4. The number of carbonyl (C=O) groups excluding carboxylic acids is 1. The molecule has 3 fully saturated rings. The van der Waals surface area contributed by atoms with Crippen LogP contribution in [0.3, 0.4) is 0 Å². The Hall–Kier alpha value is -3.39. The van der Waals surface area contributed by atoms with Crippen molar-refractivity contribution >= 4 is 39.8 Å². The molecule has 0 saturated carbocycles. The molecule has 6 rings (SSSR count). The SMILES string of the molecule is CN1CCC(C#Cc2cc3ncnc(Nc4ccc(F)c(Cl)c4)c3cc2CC(=O)/C=C/CN2CC3OCCOC3C2)CC1. The van der Waals surface area contributed by atoms with Gasteiger partial charge < -0.3 is 19.7 Å². The molecule has 1 aromatic heterocycles. The van der Waals surface area contributed by atoms with Gasteiger partial charge in [0.05, 0.1) is 36.0 Å². The maximum atomic E-state index is 13.7. The van der Waals surface area contributed by atoms with Gasteiger partial charge in [0.15, 0.2) is 5.78 Å². The summed E-state index contributed by atoms with van der Waals surface area (Å²) in [6.45, 7) is 5.60. The minimum atomic E-state index is -0.494. The fourth-order valence-electron chi connectivity index (χ4n) is 5.82. The fourth-order valence-corrected chi connectivity index (χ4v) is 6.00. The Morgan fingerprint density at radius 1 is 1.14 bits per heavy atom. The van der Waals surface area contributed by atoms with Gasteiger partial charge in [0.1, 0.15) is 18.0 Å². The second-order valence-corrected chi connectivity index (χ2v) is 11.8. The number of hydrogen-bond acceptors (Lipinski definition) is 8. The molecule has 8 nitrogen and oxygen atoms in total. The summed E-state index contributed by atoms with van der Waals surface area (Å²) in [5, 5.41) is 3.97. The highest BCUT2D eigenvalue weighted by Gasteiger charge is 2.35. The molecule has 2 atom stereocenters. The van der Waals surface area contributed by atoms with E-state index >= 15 is 0 Å². The van der Waals surface area contributed by atoms with Crippen molar-refractivity contribution < 1.29 is 18.7 Å². The summed E-state index contributed by atoms with van der Waals surface area (Å²) in [7, 11) is 2.13. The highest BCUT2D eigenvalue weighted by molar-refractivity contribution is 6.31. The number of fused-ring (bicyclic) bond motifs is 2. The smallest absolute Gasteiger partial charge is 0.159 e. The Labute approximate surface area is 256 Å². The van der Waals surface area contributed by atoms with Crippen LogP contribution < -0.4 is 5.32 Å². The van der Waals surface area contributed by atoms with Crippen molar-refractivity contribution in [2.45, 2.75) is 31.5 Å². The van der Waals surface area contributed by atoms with Gasteiger partial charge in [-0.3, -0.25) is 9.69 Å². The van der Waals surface area contributed by atoms with Crippen LogP contribution in [-0.2, 0) is 20.7 Å². The van der Waals surface area contributed by atoms with Crippen molar-refractivity contribution in [1.29, 1.82) is 0 Å². The lowest BCUT2D eigenvalue weighted by Gasteiger charge is -2.25. The molecule has 2 aromatic carbocycles. The fraction of sp³-hybridized carbons (Fsp3) is 0.424. The summed E-state index contributed by atoms with van der Waals surface area (Å²) < 4.78 is 25.3. The summed E-state index contributed by atoms with van der Waals surface area (Å²) in [5.41, 5.74) is 2.90. The van der Waals surface area contributed by atoms with E-state index in [-0.39, 0.29) is 29.4 Å². The van der Waals surface area contributed by atoms with E-state index in [1.54, 1.807) is 12.1 Å². The number of ketones is 1. The predicted molar refractivity (Wildman–Crippen MR) is 165 cm³/mol. The summed E-state index contributed by atoms with van der Waals surface area (Å²) in [6.07, 6.45) is 7.51. The lowest BCUT2D eigenvalue weighted by atomic mass is 9.95. The van der Waals surface area contributed by atoms with Gasteiger partial charge in [-0.2, -0.15) is 0 Å². The van der Waals surface area contributed by atoms with Crippen LogP contribution in [0.4, 0.5) is 15.9 Å². The first-order chi connectivity index (χ1) is 20.9. The lowest BCUT2D eigenvalue weighted by Crippen LogP contribution is -2.36. The van der Waals surface area contributed by atoms with Crippen molar-refractivity contribution in [1.82, 2.24) is 19.8 Å². The average molecular weight is 604 g/mol. The third-order valence-corrected chi connectivity index (χ3v) is 8.53. The molecule has 0 aliphatic carbocycles. The minimum Gasteiger partial charge on any atom is -0.372 e. The van der Waals surface area contributed by atoms with Crippen LogP contribution in [0.2, 0.25) is 5.02 Å². The largest absolute Gasteiger partial charge is 0.372 e. The van der Waals surface area contributed by atoms with Crippen LogP contribution in [0.1, 0.15) is 24.0 Å². The maximum absolute atomic E-state index is 13.7. The number of rotatable bonds is 7. The zero-order valence-corrected chi connectivity index (χ0v) is 24.9. The molecular weight excluding hydrogens is 569 g/mol. The molecule has 4 heterocycles. The Morgan fingerprint density at radius 3 is 2.65 bits per heavy atom. The van der Waals surface area contributed by atoms with Gasteiger partial charge in [-0.25, -0.2) is 14.4 Å². The Bertz CT molecular complexity index is 1570. The molecule has 0 bridgehead atoms. The summed E-state index contributed by atoms with van der Waals surface area (Å²) >= 11 is 6.00. The van der Waals surface area contributed by atoms with E-state index in [4.69, 9.17) is 21.1 Å². The highest BCUT2D eigenvalue weighted by Crippen LogP contribution is 2.29. The summed E-state index contributed by atoms with van der Waals surface area (Å²) in [4.78, 5) is 26.7. The molecule has 0 spiro atoms. The predicted octanol–water partition coefficient (Wildman–Crippen LogP) is 4.63. The minimum absolute atomic E-state index is 0.0116. The summed E-state index contributed by atoms with van der Waals surface area (Å²) in [6, 6.07) is 8.28. The van der Waals surface area contributed by atoms with E-state index in [1.165, 1.54) is 18.5 Å². The molecule has 3 aromatic rings. The normalized spacial score (nSPS) is 21.6. The Balaban J connectivity index is 1.24. The number of allylic oxidation sites excluding steroid dienone is 1. The first-order valence-corrected chi connectivity index (χ1v) is 15.1. The second kappa shape index (κ2) is 13.5. The van der Waals surface area contributed by atoms with Gasteiger partial charge in [-0.1, -0.05) is 29.5 Å². The van der Waals surface area contributed by atoms with Crippen molar-refractivity contribution in [2.75, 3.05) is 58.3 Å². The number of hydrogen-bond donors (Lipinski definition) is 1. The Kier molecular flexibility index (Phi) is 9.31. The van der Waals surface area contributed by atoms with E-state index in [1.807, 2.05) is 18.2 Å². The molecule has 2 unspecified atom stereocenters. The molecule has 10 heteroatoms. The zero-order chi connectivity index (χ0) is 29.8. The first-order valence-electron chi connectivity index (χ1n) is 14.8. The van der Waals surface area contributed by atoms with Gasteiger partial charge in [0.25, 0.3) is 0 Å². The molecule has 0 radical (unpaired) electrons. The van der Waals surface area contributed by atoms with E-state index in [0.717, 1.165) is 55.5 Å². The number of aromatic nitrogens is 2. The van der Waals surface area contributed by atoms with Crippen LogP contribution >= 0.6 is 11.6 Å². The quantitative estimate of drug-likeness (QED) is 0.309. The van der Waals surface area contributed by atoms with Crippen molar-refractivity contribution in [2.24, 2.45) is 5.92 Å². The monoisotopic (exact) mass is 603 g/mol. The maximum Gasteiger partial charge on any atom is 0.159 e. The number of halogens is 2. The number of ether oxygens (including phenoxy) is 2. The molecular formula is C33H35ClFN5O3. The van der Waals surface area contributed by atoms with Gasteiger partial charge in [0, 0.05) is 48.6 Å². The highest BCUT2D eigenvalue weighted by atomic mass is 35.5. The van der Waals surface area contributed by atoms with Gasteiger partial charge >= 0.3 is 0 Å². The van der Waals surface area contributed by atoms with Crippen LogP contribution in [0.25, 0.3) is 10.9 Å². The van der Waals surface area contributed by atoms with E-state index in [2.05, 4.69) is 44.0 Å². The van der Waals surface area contributed by atoms with Gasteiger partial charge in [-0.15, -0.1) is 0 Å². The van der Waals surface area contributed by atoms with E-state index in [9.17, 15) is 9.18 Å². The van der Waals surface area contributed by atoms with Gasteiger partial charge in [0.2, 0.25) is 0 Å². The molecule has 224 valence electrons. The number of benzene rings is 2. The molecule has 3 saturated heterocycles. The van der Waals surface area contributed by atoms with Crippen LogP contribution in [-0.4, -0.2) is 90.7 Å².